The largest absolute Gasteiger partial charge is 0.332 e. The zero-order chi connectivity index (χ0) is 20.0. The highest BCUT2D eigenvalue weighted by molar-refractivity contribution is 5.94. The first-order chi connectivity index (χ1) is 12.8. The van der Waals surface area contributed by atoms with Crippen LogP contribution < -0.4 is 16.0 Å². The van der Waals surface area contributed by atoms with Crippen molar-refractivity contribution in [1.29, 1.82) is 0 Å². The molecule has 2 aromatic carbocycles. The van der Waals surface area contributed by atoms with Gasteiger partial charge in [-0.25, -0.2) is 18.0 Å². The molecule has 2 rings (SSSR count). The van der Waals surface area contributed by atoms with E-state index in [-0.39, 0.29) is 6.04 Å². The summed E-state index contributed by atoms with van der Waals surface area (Å²) in [6.07, 6.45) is 0.913. The van der Waals surface area contributed by atoms with Gasteiger partial charge in [-0.2, -0.15) is 0 Å². The van der Waals surface area contributed by atoms with Crippen molar-refractivity contribution in [3.05, 3.63) is 65.0 Å². The quantitative estimate of drug-likeness (QED) is 0.671. The lowest BCUT2D eigenvalue weighted by molar-refractivity contribution is -0.115. The number of hydrogen-bond donors (Lipinski definition) is 3. The van der Waals surface area contributed by atoms with Gasteiger partial charge >= 0.3 is 6.03 Å². The van der Waals surface area contributed by atoms with Gasteiger partial charge in [-0.1, -0.05) is 31.2 Å². The zero-order valence-electron chi connectivity index (χ0n) is 14.9. The molecule has 1 atom stereocenters. The molecule has 0 saturated heterocycles. The maximum atomic E-state index is 13.5. The SMILES string of the molecule is CCc1ccc(C(C)NC(=O)NCC(=O)Nc2ccc(F)c(F)c2F)cc1. The Morgan fingerprint density at radius 1 is 1.00 bits per heavy atom. The van der Waals surface area contributed by atoms with Gasteiger partial charge in [0.1, 0.15) is 0 Å². The fourth-order valence-corrected chi connectivity index (χ4v) is 2.35. The molecule has 144 valence electrons. The van der Waals surface area contributed by atoms with Gasteiger partial charge in [0.25, 0.3) is 0 Å². The average Bonchev–Trinajstić information content (AvgIpc) is 2.67. The van der Waals surface area contributed by atoms with E-state index >= 15 is 0 Å². The standard InChI is InChI=1S/C19H20F3N3O2/c1-3-12-4-6-13(7-5-12)11(2)24-19(27)23-10-16(26)25-15-9-8-14(20)17(21)18(15)22/h4-9,11H,3,10H2,1-2H3,(H,25,26)(H2,23,24,27). The highest BCUT2D eigenvalue weighted by Crippen LogP contribution is 2.19. The van der Waals surface area contributed by atoms with Gasteiger partial charge in [0.2, 0.25) is 5.91 Å². The molecule has 0 heterocycles. The number of anilines is 1. The van der Waals surface area contributed by atoms with Crippen LogP contribution in [0, 0.1) is 17.5 Å². The van der Waals surface area contributed by atoms with E-state index in [9.17, 15) is 22.8 Å². The third kappa shape index (κ3) is 5.47. The van der Waals surface area contributed by atoms with E-state index in [1.165, 1.54) is 5.56 Å². The van der Waals surface area contributed by atoms with Gasteiger partial charge in [-0.15, -0.1) is 0 Å². The van der Waals surface area contributed by atoms with Crippen molar-refractivity contribution < 1.29 is 22.8 Å². The minimum absolute atomic E-state index is 0.289. The number of nitrogens with one attached hydrogen (secondary N) is 3. The van der Waals surface area contributed by atoms with Gasteiger partial charge in [0.15, 0.2) is 17.5 Å². The average molecular weight is 379 g/mol. The zero-order valence-corrected chi connectivity index (χ0v) is 14.9. The Kier molecular flexibility index (Phi) is 6.81. The summed E-state index contributed by atoms with van der Waals surface area (Å²) < 4.78 is 39.5. The van der Waals surface area contributed by atoms with Crippen LogP contribution >= 0.6 is 0 Å². The molecule has 0 aliphatic rings. The van der Waals surface area contributed by atoms with Crippen molar-refractivity contribution in [3.8, 4) is 0 Å². The van der Waals surface area contributed by atoms with Crippen LogP contribution in [0.5, 0.6) is 0 Å². The molecule has 0 bridgehead atoms. The Labute approximate surface area is 155 Å². The molecule has 0 saturated carbocycles. The van der Waals surface area contributed by atoms with Gasteiger partial charge in [-0.3, -0.25) is 4.79 Å². The molecule has 0 radical (unpaired) electrons. The highest BCUT2D eigenvalue weighted by Gasteiger charge is 2.16. The van der Waals surface area contributed by atoms with Crippen LogP contribution in [0.15, 0.2) is 36.4 Å². The summed E-state index contributed by atoms with van der Waals surface area (Å²) >= 11 is 0. The molecular formula is C19H20F3N3O2. The number of benzene rings is 2. The molecule has 2 aromatic rings. The summed E-state index contributed by atoms with van der Waals surface area (Å²) in [4.78, 5) is 23.6. The summed E-state index contributed by atoms with van der Waals surface area (Å²) in [7, 11) is 0. The lowest BCUT2D eigenvalue weighted by Crippen LogP contribution is -2.41. The Balaban J connectivity index is 1.84. The van der Waals surface area contributed by atoms with E-state index in [0.717, 1.165) is 18.1 Å². The summed E-state index contributed by atoms with van der Waals surface area (Å²) in [5.41, 5.74) is 1.57. The molecule has 5 nitrogen and oxygen atoms in total. The van der Waals surface area contributed by atoms with Crippen molar-refractivity contribution in [3.63, 3.8) is 0 Å². The minimum atomic E-state index is -1.68. The van der Waals surface area contributed by atoms with Crippen LogP contribution in [0.1, 0.15) is 31.0 Å². The number of urea groups is 1. The van der Waals surface area contributed by atoms with Crippen LogP contribution in [0.25, 0.3) is 0 Å². The van der Waals surface area contributed by atoms with Gasteiger partial charge in [0, 0.05) is 0 Å². The van der Waals surface area contributed by atoms with Crippen LogP contribution in [0.2, 0.25) is 0 Å². The number of aryl methyl sites for hydroxylation is 1. The topological polar surface area (TPSA) is 70.2 Å². The van der Waals surface area contributed by atoms with Crippen LogP contribution in [0.3, 0.4) is 0 Å². The number of halogens is 3. The van der Waals surface area contributed by atoms with E-state index < -0.39 is 41.6 Å². The molecule has 3 amide bonds. The van der Waals surface area contributed by atoms with E-state index in [0.29, 0.717) is 6.07 Å². The summed E-state index contributed by atoms with van der Waals surface area (Å²) in [5, 5.41) is 7.05. The smallest absolute Gasteiger partial charge is 0.315 e. The third-order valence-electron chi connectivity index (χ3n) is 3.95. The molecule has 1 unspecified atom stereocenters. The van der Waals surface area contributed by atoms with E-state index in [1.807, 2.05) is 31.2 Å². The van der Waals surface area contributed by atoms with E-state index in [4.69, 9.17) is 0 Å². The molecule has 8 heteroatoms. The lowest BCUT2D eigenvalue weighted by Gasteiger charge is -2.15. The van der Waals surface area contributed by atoms with E-state index in [1.54, 1.807) is 6.92 Å². The molecule has 0 fully saturated rings. The summed E-state index contributed by atoms with van der Waals surface area (Å²) in [6.45, 7) is 3.37. The second-order valence-electron chi connectivity index (χ2n) is 5.91. The van der Waals surface area contributed by atoms with Crippen molar-refractivity contribution in [1.82, 2.24) is 10.6 Å². The molecule has 27 heavy (non-hydrogen) atoms. The predicted octanol–water partition coefficient (Wildman–Crippen LogP) is 3.67. The van der Waals surface area contributed by atoms with Gasteiger partial charge < -0.3 is 16.0 Å². The third-order valence-corrected chi connectivity index (χ3v) is 3.95. The predicted molar refractivity (Wildman–Crippen MR) is 95.7 cm³/mol. The Morgan fingerprint density at radius 3 is 2.30 bits per heavy atom. The number of amides is 3. The molecular weight excluding hydrogens is 359 g/mol. The Bertz CT molecular complexity index is 826. The number of carbonyl (C=O) groups is 2. The number of hydrogen-bond acceptors (Lipinski definition) is 2. The molecule has 0 aromatic heterocycles. The fraction of sp³-hybridized carbons (Fsp3) is 0.263. The van der Waals surface area contributed by atoms with Gasteiger partial charge in [-0.05, 0) is 36.6 Å². The molecule has 0 aliphatic heterocycles. The Hall–Kier alpha value is -3.03. The van der Waals surface area contributed by atoms with Crippen molar-refractivity contribution in [2.45, 2.75) is 26.3 Å². The van der Waals surface area contributed by atoms with Gasteiger partial charge in [0.05, 0.1) is 18.3 Å². The maximum Gasteiger partial charge on any atom is 0.315 e. The van der Waals surface area contributed by atoms with Crippen molar-refractivity contribution >= 4 is 17.6 Å². The molecule has 0 aliphatic carbocycles. The normalized spacial score (nSPS) is 11.6. The highest BCUT2D eigenvalue weighted by atomic mass is 19.2. The lowest BCUT2D eigenvalue weighted by atomic mass is 10.1. The Morgan fingerprint density at radius 2 is 1.67 bits per heavy atom. The summed E-state index contributed by atoms with van der Waals surface area (Å²) in [5.74, 6) is -5.32. The fourth-order valence-electron chi connectivity index (χ4n) is 2.35. The molecule has 3 N–H and O–H groups in total. The second-order valence-corrected chi connectivity index (χ2v) is 5.91. The van der Waals surface area contributed by atoms with Crippen molar-refractivity contribution in [2.75, 3.05) is 11.9 Å². The number of rotatable bonds is 6. The van der Waals surface area contributed by atoms with E-state index in [2.05, 4.69) is 16.0 Å². The maximum absolute atomic E-state index is 13.5. The second kappa shape index (κ2) is 9.07. The van der Waals surface area contributed by atoms with Crippen LogP contribution in [-0.2, 0) is 11.2 Å². The monoisotopic (exact) mass is 379 g/mol. The first kappa shape index (κ1) is 20.3. The first-order valence-electron chi connectivity index (χ1n) is 8.38. The first-order valence-corrected chi connectivity index (χ1v) is 8.38. The molecule has 0 spiro atoms. The van der Waals surface area contributed by atoms with Crippen molar-refractivity contribution in [2.24, 2.45) is 0 Å². The summed E-state index contributed by atoms with van der Waals surface area (Å²) in [6, 6.07) is 8.45. The number of carbonyl (C=O) groups excluding carboxylic acids is 2. The van der Waals surface area contributed by atoms with Crippen LogP contribution in [-0.4, -0.2) is 18.5 Å². The van der Waals surface area contributed by atoms with Crippen LogP contribution in [0.4, 0.5) is 23.7 Å². The minimum Gasteiger partial charge on any atom is -0.332 e.